The Kier molecular flexibility index (Phi) is 4.91. The van der Waals surface area contributed by atoms with E-state index >= 15 is 0 Å². The first-order valence-corrected chi connectivity index (χ1v) is 7.64. The van der Waals surface area contributed by atoms with E-state index < -0.39 is 22.6 Å². The minimum absolute atomic E-state index is 0.0646. The van der Waals surface area contributed by atoms with E-state index in [1.54, 1.807) is 6.92 Å². The van der Waals surface area contributed by atoms with Crippen LogP contribution in [0, 0.1) is 21.7 Å². The van der Waals surface area contributed by atoms with E-state index in [9.17, 15) is 18.9 Å². The predicted molar refractivity (Wildman–Crippen MR) is 85.0 cm³/mol. The van der Waals surface area contributed by atoms with Crippen molar-refractivity contribution in [2.24, 2.45) is 0 Å². The fourth-order valence-corrected chi connectivity index (χ4v) is 2.74. The number of ether oxygens (including phenoxy) is 2. The Hall–Kier alpha value is -2.58. The van der Waals surface area contributed by atoms with Crippen LogP contribution in [0.3, 0.4) is 0 Å². The lowest BCUT2D eigenvalue weighted by atomic mass is 10.0. The molecule has 0 unspecified atom stereocenters. The number of nitrogens with zero attached hydrogens (tertiary/aromatic N) is 1. The first-order chi connectivity index (χ1) is 12.0. The average Bonchev–Trinajstić information content (AvgIpc) is 2.59. The Morgan fingerprint density at radius 2 is 2.12 bits per heavy atom. The molecule has 1 atom stereocenters. The molecule has 132 valence electrons. The van der Waals surface area contributed by atoms with Crippen molar-refractivity contribution in [1.82, 2.24) is 5.32 Å². The topological polar surface area (TPSA) is 73.6 Å². The van der Waals surface area contributed by atoms with Crippen LogP contribution >= 0.6 is 0 Å². The van der Waals surface area contributed by atoms with Gasteiger partial charge in [0.05, 0.1) is 11.5 Å². The van der Waals surface area contributed by atoms with Crippen molar-refractivity contribution in [2.75, 3.05) is 6.79 Å². The molecule has 8 heteroatoms. The minimum Gasteiger partial charge on any atom is -0.467 e. The van der Waals surface area contributed by atoms with E-state index in [0.717, 1.165) is 6.07 Å². The van der Waals surface area contributed by atoms with Gasteiger partial charge in [0.2, 0.25) is 0 Å². The zero-order valence-electron chi connectivity index (χ0n) is 13.4. The van der Waals surface area contributed by atoms with Crippen molar-refractivity contribution < 1.29 is 23.2 Å². The number of hydrogen-bond donors (Lipinski definition) is 1. The molecule has 1 aliphatic rings. The number of halogens is 2. The second kappa shape index (κ2) is 7.12. The number of non-ortho nitro benzene ring substituents is 1. The molecule has 0 bridgehead atoms. The number of benzene rings is 2. The number of fused-ring (bicyclic) bond motifs is 1. The summed E-state index contributed by atoms with van der Waals surface area (Å²) in [5, 5.41) is 14.2. The third kappa shape index (κ3) is 3.75. The number of hydrogen-bond acceptors (Lipinski definition) is 5. The van der Waals surface area contributed by atoms with Crippen molar-refractivity contribution in [3.63, 3.8) is 0 Å². The lowest BCUT2D eigenvalue weighted by Crippen LogP contribution is -2.21. The van der Waals surface area contributed by atoms with Gasteiger partial charge in [0.25, 0.3) is 5.69 Å². The highest BCUT2D eigenvalue weighted by Gasteiger charge is 2.21. The quantitative estimate of drug-likeness (QED) is 0.659. The second-order valence-corrected chi connectivity index (χ2v) is 5.73. The molecule has 3 rings (SSSR count). The minimum atomic E-state index is -0.647. The summed E-state index contributed by atoms with van der Waals surface area (Å²) >= 11 is 0. The maximum atomic E-state index is 13.9. The Balaban J connectivity index is 1.82. The molecule has 2 aromatic carbocycles. The highest BCUT2D eigenvalue weighted by Crippen LogP contribution is 2.33. The fourth-order valence-electron chi connectivity index (χ4n) is 2.74. The van der Waals surface area contributed by atoms with Crippen molar-refractivity contribution >= 4 is 5.69 Å². The molecule has 0 fully saturated rings. The van der Waals surface area contributed by atoms with Crippen LogP contribution in [-0.2, 0) is 17.9 Å². The van der Waals surface area contributed by atoms with Crippen LogP contribution in [0.2, 0.25) is 0 Å². The lowest BCUT2D eigenvalue weighted by molar-refractivity contribution is -0.385. The van der Waals surface area contributed by atoms with Gasteiger partial charge in [-0.1, -0.05) is 6.07 Å². The molecule has 0 saturated carbocycles. The number of nitrogens with one attached hydrogen (secondary N) is 1. The SMILES string of the molecule is C[C@H](NCc1cc([N+](=O)[O-])cc2c1OCOC2)c1ccc(F)cc1F. The molecule has 0 saturated heterocycles. The molecule has 0 radical (unpaired) electrons. The number of nitro groups is 1. The molecular weight excluding hydrogens is 334 g/mol. The highest BCUT2D eigenvalue weighted by atomic mass is 19.1. The molecule has 2 aromatic rings. The van der Waals surface area contributed by atoms with Crippen LogP contribution in [0.15, 0.2) is 30.3 Å². The van der Waals surface area contributed by atoms with Gasteiger partial charge >= 0.3 is 0 Å². The Labute approximate surface area is 142 Å². The largest absolute Gasteiger partial charge is 0.467 e. The summed E-state index contributed by atoms with van der Waals surface area (Å²) in [4.78, 5) is 10.6. The Bertz CT molecular complexity index is 813. The van der Waals surface area contributed by atoms with E-state index in [-0.39, 0.29) is 25.6 Å². The Morgan fingerprint density at radius 3 is 2.84 bits per heavy atom. The van der Waals surface area contributed by atoms with Crippen LogP contribution in [0.1, 0.15) is 29.7 Å². The molecule has 25 heavy (non-hydrogen) atoms. The average molecular weight is 350 g/mol. The summed E-state index contributed by atoms with van der Waals surface area (Å²) < 4.78 is 37.5. The van der Waals surface area contributed by atoms with E-state index in [1.807, 2.05) is 0 Å². The standard InChI is InChI=1S/C17H16F2N2O4/c1-10(15-3-2-13(18)6-16(15)19)20-7-11-4-14(21(22)23)5-12-8-24-9-25-17(11)12/h2-6,10,20H,7-9H2,1H3/t10-/m0/s1. The molecule has 1 aliphatic heterocycles. The zero-order chi connectivity index (χ0) is 18.0. The van der Waals surface area contributed by atoms with Crippen LogP contribution in [0.4, 0.5) is 14.5 Å². The van der Waals surface area contributed by atoms with E-state index in [4.69, 9.17) is 9.47 Å². The van der Waals surface area contributed by atoms with Crippen molar-refractivity contribution in [3.05, 3.63) is 68.8 Å². The molecule has 0 amide bonds. The molecular formula is C17H16F2N2O4. The van der Waals surface area contributed by atoms with Gasteiger partial charge in [0, 0.05) is 47.5 Å². The summed E-state index contributed by atoms with van der Waals surface area (Å²) in [5.41, 5.74) is 1.43. The summed E-state index contributed by atoms with van der Waals surface area (Å²) in [6.07, 6.45) is 0. The zero-order valence-corrected chi connectivity index (χ0v) is 13.4. The summed E-state index contributed by atoms with van der Waals surface area (Å²) in [7, 11) is 0. The fraction of sp³-hybridized carbons (Fsp3) is 0.294. The molecule has 0 spiro atoms. The smallest absolute Gasteiger partial charge is 0.270 e. The van der Waals surface area contributed by atoms with Crippen molar-refractivity contribution in [1.29, 1.82) is 0 Å². The van der Waals surface area contributed by atoms with Crippen molar-refractivity contribution in [3.8, 4) is 5.75 Å². The van der Waals surface area contributed by atoms with Gasteiger partial charge in [0.15, 0.2) is 6.79 Å². The third-order valence-corrected chi connectivity index (χ3v) is 4.01. The second-order valence-electron chi connectivity index (χ2n) is 5.73. The molecule has 0 aromatic heterocycles. The summed E-state index contributed by atoms with van der Waals surface area (Å²) in [6, 6.07) is 5.80. The molecule has 0 aliphatic carbocycles. The van der Waals surface area contributed by atoms with Gasteiger partial charge in [-0.3, -0.25) is 10.1 Å². The maximum absolute atomic E-state index is 13.9. The van der Waals surface area contributed by atoms with Crippen LogP contribution < -0.4 is 10.1 Å². The molecule has 1 N–H and O–H groups in total. The lowest BCUT2D eigenvalue weighted by Gasteiger charge is -2.22. The Morgan fingerprint density at radius 1 is 1.32 bits per heavy atom. The van der Waals surface area contributed by atoms with Gasteiger partial charge in [0.1, 0.15) is 17.4 Å². The molecule has 1 heterocycles. The van der Waals surface area contributed by atoms with Gasteiger partial charge in [-0.2, -0.15) is 0 Å². The first kappa shape index (κ1) is 17.2. The van der Waals surface area contributed by atoms with E-state index in [1.165, 1.54) is 24.3 Å². The predicted octanol–water partition coefficient (Wildman–Crippen LogP) is 3.59. The molecule has 6 nitrogen and oxygen atoms in total. The van der Waals surface area contributed by atoms with Crippen LogP contribution in [-0.4, -0.2) is 11.7 Å². The van der Waals surface area contributed by atoms with Crippen LogP contribution in [0.5, 0.6) is 5.75 Å². The van der Waals surface area contributed by atoms with Gasteiger partial charge < -0.3 is 14.8 Å². The first-order valence-electron chi connectivity index (χ1n) is 7.64. The third-order valence-electron chi connectivity index (χ3n) is 4.01. The summed E-state index contributed by atoms with van der Waals surface area (Å²) in [6.45, 7) is 2.25. The highest BCUT2D eigenvalue weighted by molar-refractivity contribution is 5.50. The van der Waals surface area contributed by atoms with Crippen molar-refractivity contribution in [2.45, 2.75) is 26.1 Å². The number of rotatable bonds is 5. The van der Waals surface area contributed by atoms with E-state index in [2.05, 4.69) is 5.32 Å². The number of nitro benzene ring substituents is 1. The monoisotopic (exact) mass is 350 g/mol. The van der Waals surface area contributed by atoms with Gasteiger partial charge in [-0.05, 0) is 13.0 Å². The van der Waals surface area contributed by atoms with Crippen LogP contribution in [0.25, 0.3) is 0 Å². The maximum Gasteiger partial charge on any atom is 0.270 e. The van der Waals surface area contributed by atoms with Gasteiger partial charge in [-0.25, -0.2) is 8.78 Å². The summed E-state index contributed by atoms with van der Waals surface area (Å²) in [5.74, 6) is -0.753. The normalized spacial score (nSPS) is 14.5. The van der Waals surface area contributed by atoms with E-state index in [0.29, 0.717) is 22.4 Å². The van der Waals surface area contributed by atoms with Gasteiger partial charge in [-0.15, -0.1) is 0 Å².